The Morgan fingerprint density at radius 1 is 1.45 bits per heavy atom. The minimum atomic E-state index is -0.194. The maximum Gasteiger partial charge on any atom is 0.140 e. The van der Waals surface area contributed by atoms with E-state index in [9.17, 15) is 5.11 Å². The second-order valence-electron chi connectivity index (χ2n) is 6.73. The number of pyridine rings is 1. The molecule has 4 heteroatoms. The zero-order valence-corrected chi connectivity index (χ0v) is 13.3. The molecular weight excluding hydrogens is 276 g/mol. The number of aliphatic hydroxyl groups is 1. The van der Waals surface area contributed by atoms with Crippen molar-refractivity contribution in [2.45, 2.75) is 26.9 Å². The number of rotatable bonds is 2. The maximum absolute atomic E-state index is 9.99. The molecule has 1 N–H and O–H groups in total. The number of hydrogen-bond acceptors (Lipinski definition) is 4. The van der Waals surface area contributed by atoms with Crippen molar-refractivity contribution in [3.05, 3.63) is 41.2 Å². The van der Waals surface area contributed by atoms with E-state index < -0.39 is 0 Å². The Labute approximate surface area is 131 Å². The van der Waals surface area contributed by atoms with Gasteiger partial charge in [0, 0.05) is 17.5 Å². The first-order chi connectivity index (χ1) is 10.5. The van der Waals surface area contributed by atoms with Crippen LogP contribution in [0.4, 0.5) is 0 Å². The molecule has 3 rings (SSSR count). The highest BCUT2D eigenvalue weighted by atomic mass is 16.5. The molecule has 1 aromatic rings. The molecule has 22 heavy (non-hydrogen) atoms. The predicted molar refractivity (Wildman–Crippen MR) is 82.7 cm³/mol. The lowest BCUT2D eigenvalue weighted by molar-refractivity contribution is -0.165. The summed E-state index contributed by atoms with van der Waals surface area (Å²) < 4.78 is 6.19. The van der Waals surface area contributed by atoms with Gasteiger partial charge >= 0.3 is 0 Å². The van der Waals surface area contributed by atoms with Crippen molar-refractivity contribution in [1.29, 1.82) is 5.26 Å². The molecule has 1 saturated heterocycles. The van der Waals surface area contributed by atoms with Crippen molar-refractivity contribution in [3.8, 4) is 6.07 Å². The van der Waals surface area contributed by atoms with Gasteiger partial charge in [0.25, 0.3) is 0 Å². The summed E-state index contributed by atoms with van der Waals surface area (Å²) in [5.74, 6) is 0.891. The number of aromatic nitrogens is 1. The first kappa shape index (κ1) is 15.2. The monoisotopic (exact) mass is 298 g/mol. The fraction of sp³-hybridized carbons (Fsp3) is 0.556. The molecule has 5 atom stereocenters. The van der Waals surface area contributed by atoms with E-state index in [0.29, 0.717) is 24.1 Å². The molecule has 2 aliphatic rings. The molecule has 5 unspecified atom stereocenters. The van der Waals surface area contributed by atoms with E-state index in [0.717, 1.165) is 5.56 Å². The van der Waals surface area contributed by atoms with E-state index in [2.05, 4.69) is 31.8 Å². The van der Waals surface area contributed by atoms with Crippen LogP contribution in [0.3, 0.4) is 0 Å². The summed E-state index contributed by atoms with van der Waals surface area (Å²) >= 11 is 0. The Morgan fingerprint density at radius 2 is 2.23 bits per heavy atom. The van der Waals surface area contributed by atoms with E-state index >= 15 is 0 Å². The topological polar surface area (TPSA) is 66.1 Å². The molecule has 0 amide bonds. The first-order valence-electron chi connectivity index (χ1n) is 7.80. The Hall–Kier alpha value is -1.70. The van der Waals surface area contributed by atoms with Crippen molar-refractivity contribution >= 4 is 0 Å². The number of ether oxygens (including phenoxy) is 1. The molecule has 1 aromatic heterocycles. The molecule has 2 bridgehead atoms. The lowest BCUT2D eigenvalue weighted by atomic mass is 9.56. The molecule has 0 aromatic carbocycles. The van der Waals surface area contributed by atoms with Crippen LogP contribution in [0.15, 0.2) is 30.0 Å². The Kier molecular flexibility index (Phi) is 3.80. The Bertz CT molecular complexity index is 631. The number of nitriles is 1. The van der Waals surface area contributed by atoms with Gasteiger partial charge in [-0.15, -0.1) is 0 Å². The average molecular weight is 298 g/mol. The molecule has 0 saturated carbocycles. The van der Waals surface area contributed by atoms with Gasteiger partial charge < -0.3 is 9.84 Å². The third kappa shape index (κ3) is 2.08. The van der Waals surface area contributed by atoms with Gasteiger partial charge in [-0.05, 0) is 30.4 Å². The number of fused-ring (bicyclic) bond motifs is 2. The summed E-state index contributed by atoms with van der Waals surface area (Å²) in [7, 11) is 0. The van der Waals surface area contributed by atoms with Crippen LogP contribution in [0.25, 0.3) is 0 Å². The highest BCUT2D eigenvalue weighted by molar-refractivity contribution is 5.29. The fourth-order valence-corrected chi connectivity index (χ4v) is 4.23. The van der Waals surface area contributed by atoms with Crippen molar-refractivity contribution in [2.75, 3.05) is 13.2 Å². The van der Waals surface area contributed by atoms with Gasteiger partial charge in [0.15, 0.2) is 0 Å². The average Bonchev–Trinajstić information content (AvgIpc) is 2.53. The molecule has 116 valence electrons. The van der Waals surface area contributed by atoms with Crippen molar-refractivity contribution < 1.29 is 9.84 Å². The lowest BCUT2D eigenvalue weighted by Gasteiger charge is -2.55. The van der Waals surface area contributed by atoms with Crippen LogP contribution in [0, 0.1) is 34.5 Å². The molecule has 1 aliphatic heterocycles. The summed E-state index contributed by atoms with van der Waals surface area (Å²) in [5, 5.41) is 18.9. The summed E-state index contributed by atoms with van der Waals surface area (Å²) in [4.78, 5) is 4.17. The van der Waals surface area contributed by atoms with Crippen molar-refractivity contribution in [3.63, 3.8) is 0 Å². The third-order valence-corrected chi connectivity index (χ3v) is 5.77. The SMILES string of the molecule is CC1=CC(C)C2(CO)COC(c3ccc(C#N)nc3)C1C2C. The van der Waals surface area contributed by atoms with Crippen LogP contribution in [-0.4, -0.2) is 23.3 Å². The highest BCUT2D eigenvalue weighted by Gasteiger charge is 2.53. The minimum absolute atomic E-state index is 0.0568. The molecule has 2 heterocycles. The number of hydrogen-bond donors (Lipinski definition) is 1. The standard InChI is InChI=1S/C18H22N2O2/c1-11-6-12(2)18(9-21)10-22-17(16(11)13(18)3)14-4-5-15(7-19)20-8-14/h4-6,8,12-13,16-17,21H,9-10H2,1-3H3. The Balaban J connectivity index is 1.99. The van der Waals surface area contributed by atoms with Crippen LogP contribution in [-0.2, 0) is 4.74 Å². The first-order valence-corrected chi connectivity index (χ1v) is 7.80. The number of aliphatic hydroxyl groups excluding tert-OH is 1. The summed E-state index contributed by atoms with van der Waals surface area (Å²) in [5.41, 5.74) is 2.55. The second-order valence-corrected chi connectivity index (χ2v) is 6.73. The van der Waals surface area contributed by atoms with Crippen molar-refractivity contribution in [2.24, 2.45) is 23.2 Å². The van der Waals surface area contributed by atoms with Crippen LogP contribution in [0.2, 0.25) is 0 Å². The van der Waals surface area contributed by atoms with Gasteiger partial charge in [-0.1, -0.05) is 31.6 Å². The fourth-order valence-electron chi connectivity index (χ4n) is 4.23. The lowest BCUT2D eigenvalue weighted by Crippen LogP contribution is -2.53. The Morgan fingerprint density at radius 3 is 2.82 bits per heavy atom. The molecule has 1 fully saturated rings. The minimum Gasteiger partial charge on any atom is -0.396 e. The van der Waals surface area contributed by atoms with Gasteiger partial charge in [-0.3, -0.25) is 0 Å². The van der Waals surface area contributed by atoms with E-state index in [4.69, 9.17) is 10.00 Å². The van der Waals surface area contributed by atoms with E-state index in [1.807, 2.05) is 12.1 Å². The summed E-state index contributed by atoms with van der Waals surface area (Å²) in [6.45, 7) is 7.24. The largest absolute Gasteiger partial charge is 0.396 e. The third-order valence-electron chi connectivity index (χ3n) is 5.77. The maximum atomic E-state index is 9.99. The molecule has 1 aliphatic carbocycles. The molecule has 4 nitrogen and oxygen atoms in total. The smallest absolute Gasteiger partial charge is 0.140 e. The van der Waals surface area contributed by atoms with Gasteiger partial charge in [-0.25, -0.2) is 4.98 Å². The van der Waals surface area contributed by atoms with Gasteiger partial charge in [0.05, 0.1) is 19.3 Å². The van der Waals surface area contributed by atoms with Gasteiger partial charge in [-0.2, -0.15) is 5.26 Å². The normalized spacial score (nSPS) is 37.3. The van der Waals surface area contributed by atoms with Crippen LogP contribution in [0.1, 0.15) is 38.1 Å². The highest BCUT2D eigenvalue weighted by Crippen LogP contribution is 2.55. The molecule has 0 radical (unpaired) electrons. The van der Waals surface area contributed by atoms with Gasteiger partial charge in [0.1, 0.15) is 11.8 Å². The van der Waals surface area contributed by atoms with Crippen LogP contribution in [0.5, 0.6) is 0 Å². The number of allylic oxidation sites excluding steroid dienone is 1. The van der Waals surface area contributed by atoms with E-state index in [1.54, 1.807) is 12.3 Å². The quantitative estimate of drug-likeness (QED) is 0.853. The second kappa shape index (κ2) is 5.49. The zero-order valence-electron chi connectivity index (χ0n) is 13.3. The summed E-state index contributed by atoms with van der Waals surface area (Å²) in [6, 6.07) is 5.71. The predicted octanol–water partition coefficient (Wildman–Crippen LogP) is 2.85. The van der Waals surface area contributed by atoms with Crippen LogP contribution < -0.4 is 0 Å². The van der Waals surface area contributed by atoms with Crippen molar-refractivity contribution in [1.82, 2.24) is 4.98 Å². The molecular formula is C18H22N2O2. The number of nitrogens with zero attached hydrogens (tertiary/aromatic N) is 2. The summed E-state index contributed by atoms with van der Waals surface area (Å²) in [6.07, 6.45) is 3.97. The van der Waals surface area contributed by atoms with E-state index in [1.165, 1.54) is 5.57 Å². The van der Waals surface area contributed by atoms with E-state index in [-0.39, 0.29) is 24.0 Å². The van der Waals surface area contributed by atoms with Gasteiger partial charge in [0.2, 0.25) is 0 Å². The van der Waals surface area contributed by atoms with Crippen LogP contribution >= 0.6 is 0 Å². The zero-order chi connectivity index (χ0) is 15.9. The molecule has 0 spiro atoms.